The normalized spacial score (nSPS) is 17.9. The number of rotatable bonds is 4. The zero-order chi connectivity index (χ0) is 14.8. The molecule has 3 nitrogen and oxygen atoms in total. The molecule has 21 heavy (non-hydrogen) atoms. The molecule has 1 amide bonds. The number of benzene rings is 1. The van der Waals surface area contributed by atoms with Crippen LogP contribution in [0.4, 0.5) is 0 Å². The first kappa shape index (κ1) is 18.6. The molecule has 0 saturated heterocycles. The predicted octanol–water partition coefficient (Wildman–Crippen LogP) is 3.91. The Morgan fingerprint density at radius 2 is 1.86 bits per heavy atom. The highest BCUT2D eigenvalue weighted by Gasteiger charge is 2.36. The van der Waals surface area contributed by atoms with E-state index in [9.17, 15) is 4.79 Å². The van der Waals surface area contributed by atoms with Crippen LogP contribution in [0.1, 0.15) is 44.1 Å². The van der Waals surface area contributed by atoms with E-state index in [1.54, 1.807) is 0 Å². The summed E-state index contributed by atoms with van der Waals surface area (Å²) >= 11 is 12.3. The quantitative estimate of drug-likeness (QED) is 0.864. The van der Waals surface area contributed by atoms with E-state index in [-0.39, 0.29) is 24.2 Å². The highest BCUT2D eigenvalue weighted by Crippen LogP contribution is 2.31. The van der Waals surface area contributed by atoms with Gasteiger partial charge in [-0.15, -0.1) is 12.4 Å². The lowest BCUT2D eigenvalue weighted by Crippen LogP contribution is -2.52. The van der Waals surface area contributed by atoms with Crippen molar-refractivity contribution in [2.45, 2.75) is 44.1 Å². The number of carbonyl (C=O) groups is 1. The van der Waals surface area contributed by atoms with Crippen LogP contribution in [0.25, 0.3) is 0 Å². The second-order valence-electron chi connectivity index (χ2n) is 5.61. The molecule has 3 N–H and O–H groups in total. The Bertz CT molecular complexity index is 481. The van der Waals surface area contributed by atoms with Crippen molar-refractivity contribution in [3.63, 3.8) is 0 Å². The molecule has 0 heterocycles. The average Bonchev–Trinajstić information content (AvgIpc) is 2.84. The summed E-state index contributed by atoms with van der Waals surface area (Å²) in [4.78, 5) is 12.2. The second-order valence-corrected chi connectivity index (χ2v) is 6.42. The van der Waals surface area contributed by atoms with Gasteiger partial charge in [-0.2, -0.15) is 0 Å². The lowest BCUT2D eigenvalue weighted by molar-refractivity contribution is -0.126. The monoisotopic (exact) mass is 350 g/mol. The molecule has 0 radical (unpaired) electrons. The summed E-state index contributed by atoms with van der Waals surface area (Å²) in [5.41, 5.74) is 6.30. The highest BCUT2D eigenvalue weighted by atomic mass is 35.5. The van der Waals surface area contributed by atoms with Crippen LogP contribution in [0.5, 0.6) is 0 Å². The van der Waals surface area contributed by atoms with Gasteiger partial charge in [-0.1, -0.05) is 49.0 Å². The van der Waals surface area contributed by atoms with E-state index in [4.69, 9.17) is 28.9 Å². The first-order valence-corrected chi connectivity index (χ1v) is 7.71. The van der Waals surface area contributed by atoms with Gasteiger partial charge in [0.05, 0.1) is 5.54 Å². The maximum absolute atomic E-state index is 12.2. The van der Waals surface area contributed by atoms with Crippen LogP contribution in [-0.4, -0.2) is 18.0 Å². The summed E-state index contributed by atoms with van der Waals surface area (Å²) in [5.74, 6) is -0.0184. The number of hydrogen-bond donors (Lipinski definition) is 2. The number of hydrogen-bond acceptors (Lipinski definition) is 2. The van der Waals surface area contributed by atoms with Crippen molar-refractivity contribution in [2.75, 3.05) is 6.54 Å². The van der Waals surface area contributed by atoms with Crippen molar-refractivity contribution in [2.24, 2.45) is 5.73 Å². The van der Waals surface area contributed by atoms with E-state index in [0.717, 1.165) is 31.2 Å². The molecular formula is C15H21Cl3N2O. The SMILES string of the molecule is CC(CNC(=O)C1(N)CCCC1)c1c(Cl)cccc1Cl.Cl. The van der Waals surface area contributed by atoms with Crippen molar-refractivity contribution in [1.82, 2.24) is 5.32 Å². The third-order valence-electron chi connectivity index (χ3n) is 4.01. The number of nitrogens with one attached hydrogen (secondary N) is 1. The van der Waals surface area contributed by atoms with Crippen LogP contribution in [-0.2, 0) is 4.79 Å². The number of amides is 1. The zero-order valence-electron chi connectivity index (χ0n) is 12.0. The zero-order valence-corrected chi connectivity index (χ0v) is 14.3. The molecule has 0 aliphatic heterocycles. The molecule has 1 unspecified atom stereocenters. The van der Waals surface area contributed by atoms with Crippen molar-refractivity contribution in [1.29, 1.82) is 0 Å². The van der Waals surface area contributed by atoms with E-state index >= 15 is 0 Å². The minimum atomic E-state index is -0.690. The Hall–Kier alpha value is -0.480. The molecule has 1 aliphatic rings. The van der Waals surface area contributed by atoms with Gasteiger partial charge in [-0.25, -0.2) is 0 Å². The molecule has 6 heteroatoms. The Balaban J connectivity index is 0.00000220. The summed E-state index contributed by atoms with van der Waals surface area (Å²) in [5, 5.41) is 4.19. The smallest absolute Gasteiger partial charge is 0.240 e. The minimum absolute atomic E-state index is 0. The Morgan fingerprint density at radius 3 is 2.38 bits per heavy atom. The molecular weight excluding hydrogens is 331 g/mol. The first-order valence-electron chi connectivity index (χ1n) is 6.95. The maximum atomic E-state index is 12.2. The molecule has 1 aromatic carbocycles. The molecule has 1 aliphatic carbocycles. The topological polar surface area (TPSA) is 55.1 Å². The van der Waals surface area contributed by atoms with Gasteiger partial charge in [-0.05, 0) is 30.5 Å². The Morgan fingerprint density at radius 1 is 1.33 bits per heavy atom. The fourth-order valence-corrected chi connectivity index (χ4v) is 3.51. The van der Waals surface area contributed by atoms with Crippen LogP contribution < -0.4 is 11.1 Å². The Labute approximate surface area is 142 Å². The van der Waals surface area contributed by atoms with Crippen LogP contribution in [0.15, 0.2) is 18.2 Å². The number of halogens is 3. The van der Waals surface area contributed by atoms with Crippen molar-refractivity contribution in [3.8, 4) is 0 Å². The number of carbonyl (C=O) groups excluding carboxylic acids is 1. The van der Waals surface area contributed by atoms with Crippen LogP contribution in [0, 0.1) is 0 Å². The summed E-state index contributed by atoms with van der Waals surface area (Å²) < 4.78 is 0. The molecule has 1 atom stereocenters. The van der Waals surface area contributed by atoms with Crippen molar-refractivity contribution >= 4 is 41.5 Å². The fourth-order valence-electron chi connectivity index (χ4n) is 2.74. The van der Waals surface area contributed by atoms with Gasteiger partial charge in [0.2, 0.25) is 5.91 Å². The molecule has 0 spiro atoms. The lowest BCUT2D eigenvalue weighted by atomic mass is 9.96. The largest absolute Gasteiger partial charge is 0.354 e. The fraction of sp³-hybridized carbons (Fsp3) is 0.533. The van der Waals surface area contributed by atoms with Crippen molar-refractivity contribution in [3.05, 3.63) is 33.8 Å². The summed E-state index contributed by atoms with van der Waals surface area (Å²) in [6, 6.07) is 5.43. The van der Waals surface area contributed by atoms with E-state index in [0.29, 0.717) is 16.6 Å². The van der Waals surface area contributed by atoms with Gasteiger partial charge < -0.3 is 11.1 Å². The molecule has 2 rings (SSSR count). The van der Waals surface area contributed by atoms with Crippen molar-refractivity contribution < 1.29 is 4.79 Å². The van der Waals surface area contributed by atoms with E-state index < -0.39 is 5.54 Å². The van der Waals surface area contributed by atoms with Gasteiger partial charge in [0, 0.05) is 22.5 Å². The standard InChI is InChI=1S/C15H20Cl2N2O.ClH/c1-10(13-11(16)5-4-6-12(13)17)9-19-14(20)15(18)7-2-3-8-15;/h4-6,10H,2-3,7-9,18H2,1H3,(H,19,20);1H. The minimum Gasteiger partial charge on any atom is -0.354 e. The highest BCUT2D eigenvalue weighted by molar-refractivity contribution is 6.36. The molecule has 1 fully saturated rings. The van der Waals surface area contributed by atoms with E-state index in [1.807, 2.05) is 25.1 Å². The number of nitrogens with two attached hydrogens (primary N) is 1. The molecule has 0 aromatic heterocycles. The van der Waals surface area contributed by atoms with E-state index in [1.165, 1.54) is 0 Å². The third kappa shape index (κ3) is 4.26. The van der Waals surface area contributed by atoms with E-state index in [2.05, 4.69) is 5.32 Å². The van der Waals surface area contributed by atoms with Gasteiger partial charge in [0.25, 0.3) is 0 Å². The van der Waals surface area contributed by atoms with Gasteiger partial charge in [-0.3, -0.25) is 4.79 Å². The second kappa shape index (κ2) is 7.68. The Kier molecular flexibility index (Phi) is 6.79. The van der Waals surface area contributed by atoms with Gasteiger partial charge >= 0.3 is 0 Å². The third-order valence-corrected chi connectivity index (χ3v) is 4.67. The van der Waals surface area contributed by atoms with Gasteiger partial charge in [0.1, 0.15) is 0 Å². The van der Waals surface area contributed by atoms with Crippen LogP contribution in [0.2, 0.25) is 10.0 Å². The average molecular weight is 352 g/mol. The van der Waals surface area contributed by atoms with Crippen LogP contribution >= 0.6 is 35.6 Å². The maximum Gasteiger partial charge on any atom is 0.240 e. The lowest BCUT2D eigenvalue weighted by Gasteiger charge is -2.24. The summed E-state index contributed by atoms with van der Waals surface area (Å²) in [7, 11) is 0. The molecule has 118 valence electrons. The first-order chi connectivity index (χ1) is 9.44. The van der Waals surface area contributed by atoms with Crippen LogP contribution in [0.3, 0.4) is 0 Å². The van der Waals surface area contributed by atoms with Gasteiger partial charge in [0.15, 0.2) is 0 Å². The molecule has 0 bridgehead atoms. The predicted molar refractivity (Wildman–Crippen MR) is 90.5 cm³/mol. The molecule has 1 aromatic rings. The molecule has 1 saturated carbocycles. The summed E-state index contributed by atoms with van der Waals surface area (Å²) in [6.07, 6.45) is 3.58. The summed E-state index contributed by atoms with van der Waals surface area (Å²) in [6.45, 7) is 2.48.